The van der Waals surface area contributed by atoms with Crippen molar-refractivity contribution in [3.05, 3.63) is 0 Å². The molecule has 4 fully saturated rings. The highest BCUT2D eigenvalue weighted by atomic mass is 16.3. The monoisotopic (exact) mass is 394 g/mol. The van der Waals surface area contributed by atoms with Gasteiger partial charge in [-0.25, -0.2) is 0 Å². The molecule has 0 aliphatic heterocycles. The number of rotatable bonds is 4. The van der Waals surface area contributed by atoms with Gasteiger partial charge in [-0.2, -0.15) is 0 Å². The Morgan fingerprint density at radius 1 is 1.00 bits per heavy atom. The van der Waals surface area contributed by atoms with Crippen LogP contribution >= 0.6 is 0 Å². The third kappa shape index (κ3) is 2.85. The summed E-state index contributed by atoms with van der Waals surface area (Å²) >= 11 is 0. The molecule has 4 nitrogen and oxygen atoms in total. The van der Waals surface area contributed by atoms with E-state index < -0.39 is 11.7 Å². The van der Waals surface area contributed by atoms with Crippen molar-refractivity contribution in [2.75, 3.05) is 6.61 Å². The van der Waals surface area contributed by atoms with Gasteiger partial charge in [0.1, 0.15) is 0 Å². The average Bonchev–Trinajstić information content (AvgIpc) is 2.99. The quantitative estimate of drug-likeness (QED) is 0.588. The minimum Gasteiger partial charge on any atom is -0.396 e. The van der Waals surface area contributed by atoms with E-state index in [1.807, 2.05) is 0 Å². The number of fused-ring (bicyclic) bond motifs is 5. The minimum atomic E-state index is -0.795. The SMILES string of the molecule is C[C@H](CCCO)C1(C)CCC2C1CCC1(O)C2C(O)CC2CC(O)CCC21C. The summed E-state index contributed by atoms with van der Waals surface area (Å²) in [4.78, 5) is 0. The molecule has 10 atom stereocenters. The standard InChI is InChI=1S/C24H42O4/c1-15(5-4-12-25)22(2)9-7-18-19(22)8-11-24(28)21(18)20(27)14-16-13-17(26)6-10-23(16,24)3/h15-21,25-28H,4-14H2,1-3H3/t15-,16?,17?,18?,19?,20?,21?,22?,23?,24?/m1/s1. The van der Waals surface area contributed by atoms with Crippen LogP contribution in [0.5, 0.6) is 0 Å². The van der Waals surface area contributed by atoms with Crippen LogP contribution in [0.15, 0.2) is 0 Å². The zero-order valence-corrected chi connectivity index (χ0v) is 18.1. The number of aliphatic hydroxyl groups is 4. The van der Waals surface area contributed by atoms with Gasteiger partial charge >= 0.3 is 0 Å². The van der Waals surface area contributed by atoms with Gasteiger partial charge in [-0.05, 0) is 98.7 Å². The summed E-state index contributed by atoms with van der Waals surface area (Å²) in [5.41, 5.74) is -0.722. The first-order chi connectivity index (χ1) is 13.2. The average molecular weight is 395 g/mol. The van der Waals surface area contributed by atoms with Gasteiger partial charge < -0.3 is 20.4 Å². The molecule has 4 saturated carbocycles. The first-order valence-electron chi connectivity index (χ1n) is 11.9. The zero-order chi connectivity index (χ0) is 20.3. The molecule has 4 N–H and O–H groups in total. The summed E-state index contributed by atoms with van der Waals surface area (Å²) in [7, 11) is 0. The molecule has 0 aromatic heterocycles. The topological polar surface area (TPSA) is 80.9 Å². The van der Waals surface area contributed by atoms with E-state index in [1.165, 1.54) is 6.42 Å². The zero-order valence-electron chi connectivity index (χ0n) is 18.1. The number of hydrogen-bond acceptors (Lipinski definition) is 4. The molecule has 0 spiro atoms. The maximum atomic E-state index is 12.1. The third-order valence-electron chi connectivity index (χ3n) is 10.5. The van der Waals surface area contributed by atoms with Crippen molar-refractivity contribution < 1.29 is 20.4 Å². The second-order valence-corrected chi connectivity index (χ2v) is 11.4. The fourth-order valence-corrected chi connectivity index (χ4v) is 8.57. The third-order valence-corrected chi connectivity index (χ3v) is 10.5. The Morgan fingerprint density at radius 2 is 1.75 bits per heavy atom. The van der Waals surface area contributed by atoms with Gasteiger partial charge in [0, 0.05) is 12.5 Å². The van der Waals surface area contributed by atoms with Crippen LogP contribution in [0.2, 0.25) is 0 Å². The van der Waals surface area contributed by atoms with E-state index >= 15 is 0 Å². The van der Waals surface area contributed by atoms with Crippen molar-refractivity contribution in [3.63, 3.8) is 0 Å². The van der Waals surface area contributed by atoms with Crippen LogP contribution < -0.4 is 0 Å². The fourth-order valence-electron chi connectivity index (χ4n) is 8.57. The second-order valence-electron chi connectivity index (χ2n) is 11.4. The molecular weight excluding hydrogens is 352 g/mol. The van der Waals surface area contributed by atoms with Crippen LogP contribution in [0.25, 0.3) is 0 Å². The predicted octanol–water partition coefficient (Wildman–Crippen LogP) is 3.50. The van der Waals surface area contributed by atoms with Crippen molar-refractivity contribution in [1.29, 1.82) is 0 Å². The Hall–Kier alpha value is -0.160. The Labute approximate surface area is 170 Å². The van der Waals surface area contributed by atoms with Crippen molar-refractivity contribution in [2.24, 2.45) is 40.4 Å². The molecule has 0 heterocycles. The van der Waals surface area contributed by atoms with Crippen molar-refractivity contribution in [3.8, 4) is 0 Å². The maximum absolute atomic E-state index is 12.1. The fraction of sp³-hybridized carbons (Fsp3) is 1.00. The van der Waals surface area contributed by atoms with Gasteiger partial charge in [-0.3, -0.25) is 0 Å². The number of hydrogen-bond donors (Lipinski definition) is 4. The molecule has 4 heteroatoms. The molecular formula is C24H42O4. The normalized spacial score (nSPS) is 54.5. The summed E-state index contributed by atoms with van der Waals surface area (Å²) < 4.78 is 0. The van der Waals surface area contributed by atoms with E-state index in [0.29, 0.717) is 17.8 Å². The van der Waals surface area contributed by atoms with Crippen LogP contribution in [0.1, 0.15) is 85.0 Å². The van der Waals surface area contributed by atoms with Gasteiger partial charge in [0.2, 0.25) is 0 Å². The molecule has 4 aliphatic carbocycles. The van der Waals surface area contributed by atoms with Gasteiger partial charge in [0.25, 0.3) is 0 Å². The van der Waals surface area contributed by atoms with Crippen molar-refractivity contribution in [1.82, 2.24) is 0 Å². The summed E-state index contributed by atoms with van der Waals surface area (Å²) in [6, 6.07) is 0. The smallest absolute Gasteiger partial charge is 0.0759 e. The Balaban J connectivity index is 1.62. The first kappa shape index (κ1) is 21.1. The summed E-state index contributed by atoms with van der Waals surface area (Å²) in [5.74, 6) is 1.74. The lowest BCUT2D eigenvalue weighted by Gasteiger charge is -2.65. The van der Waals surface area contributed by atoms with E-state index in [4.69, 9.17) is 0 Å². The molecule has 162 valence electrons. The lowest BCUT2D eigenvalue weighted by molar-refractivity contribution is -0.261. The van der Waals surface area contributed by atoms with E-state index in [9.17, 15) is 20.4 Å². The van der Waals surface area contributed by atoms with Crippen molar-refractivity contribution in [2.45, 2.75) is 103 Å². The summed E-state index contributed by atoms with van der Waals surface area (Å²) in [6.07, 6.45) is 8.45. The van der Waals surface area contributed by atoms with Crippen LogP contribution in [0.4, 0.5) is 0 Å². The lowest BCUT2D eigenvalue weighted by atomic mass is 9.43. The lowest BCUT2D eigenvalue weighted by Crippen LogP contribution is -2.68. The molecule has 0 saturated heterocycles. The highest BCUT2D eigenvalue weighted by Crippen LogP contribution is 2.68. The first-order valence-corrected chi connectivity index (χ1v) is 11.9. The Kier molecular flexibility index (Phi) is 5.43. The van der Waals surface area contributed by atoms with Crippen molar-refractivity contribution >= 4 is 0 Å². The largest absolute Gasteiger partial charge is 0.396 e. The van der Waals surface area contributed by atoms with E-state index in [0.717, 1.165) is 57.8 Å². The Bertz CT molecular complexity index is 581. The highest BCUT2D eigenvalue weighted by molar-refractivity contribution is 5.17. The number of aliphatic hydroxyl groups excluding tert-OH is 3. The minimum absolute atomic E-state index is 0.0189. The molecule has 28 heavy (non-hydrogen) atoms. The predicted molar refractivity (Wildman–Crippen MR) is 110 cm³/mol. The molecule has 0 aromatic carbocycles. The van der Waals surface area contributed by atoms with Gasteiger partial charge in [-0.15, -0.1) is 0 Å². The van der Waals surface area contributed by atoms with Gasteiger partial charge in [0.05, 0.1) is 17.8 Å². The molecule has 4 aliphatic rings. The van der Waals surface area contributed by atoms with Gasteiger partial charge in [0.15, 0.2) is 0 Å². The second kappa shape index (κ2) is 7.21. The van der Waals surface area contributed by atoms with Crippen LogP contribution in [0, 0.1) is 40.4 Å². The highest BCUT2D eigenvalue weighted by Gasteiger charge is 2.68. The van der Waals surface area contributed by atoms with E-state index in [1.54, 1.807) is 0 Å². The maximum Gasteiger partial charge on any atom is 0.0759 e. The molecule has 0 amide bonds. The van der Waals surface area contributed by atoms with Gasteiger partial charge in [-0.1, -0.05) is 20.8 Å². The molecule has 0 bridgehead atoms. The van der Waals surface area contributed by atoms with Crippen LogP contribution in [-0.2, 0) is 0 Å². The summed E-state index contributed by atoms with van der Waals surface area (Å²) in [5, 5.41) is 42.8. The van der Waals surface area contributed by atoms with Crippen LogP contribution in [-0.4, -0.2) is 44.8 Å². The van der Waals surface area contributed by atoms with E-state index in [2.05, 4.69) is 20.8 Å². The van der Waals surface area contributed by atoms with Crippen LogP contribution in [0.3, 0.4) is 0 Å². The molecule has 0 aromatic rings. The molecule has 4 rings (SSSR count). The molecule has 0 radical (unpaired) electrons. The molecule has 9 unspecified atom stereocenters. The Morgan fingerprint density at radius 3 is 2.46 bits per heavy atom. The summed E-state index contributed by atoms with van der Waals surface area (Å²) in [6.45, 7) is 7.29. The van der Waals surface area contributed by atoms with E-state index in [-0.39, 0.29) is 35.4 Å².